The Hall–Kier alpha value is -1.02. The molecule has 1 aliphatic carbocycles. The first-order valence-electron chi connectivity index (χ1n) is 7.50. The highest BCUT2D eigenvalue weighted by atomic mass is 15.1. The largest absolute Gasteiger partial charge is 0.371 e. The fourth-order valence-corrected chi connectivity index (χ4v) is 3.34. The van der Waals surface area contributed by atoms with Crippen LogP contribution in [-0.4, -0.2) is 25.7 Å². The van der Waals surface area contributed by atoms with E-state index in [1.807, 2.05) is 0 Å². The summed E-state index contributed by atoms with van der Waals surface area (Å²) in [5.41, 5.74) is 3.00. The zero-order valence-electron chi connectivity index (χ0n) is 11.2. The molecule has 0 amide bonds. The van der Waals surface area contributed by atoms with Gasteiger partial charge in [-0.1, -0.05) is 31.0 Å². The van der Waals surface area contributed by atoms with Crippen molar-refractivity contribution in [1.29, 1.82) is 0 Å². The van der Waals surface area contributed by atoms with Crippen molar-refractivity contribution in [2.75, 3.05) is 24.5 Å². The summed E-state index contributed by atoms with van der Waals surface area (Å²) in [6.45, 7) is 3.60. The van der Waals surface area contributed by atoms with Gasteiger partial charge in [0.2, 0.25) is 0 Å². The van der Waals surface area contributed by atoms with Crippen LogP contribution in [0.25, 0.3) is 0 Å². The van der Waals surface area contributed by atoms with Crippen molar-refractivity contribution in [1.82, 2.24) is 5.32 Å². The second-order valence-electron chi connectivity index (χ2n) is 5.65. The topological polar surface area (TPSA) is 15.3 Å². The Kier molecular flexibility index (Phi) is 3.84. The van der Waals surface area contributed by atoms with Gasteiger partial charge in [-0.2, -0.15) is 0 Å². The highest BCUT2D eigenvalue weighted by Gasteiger charge is 2.18. The lowest BCUT2D eigenvalue weighted by Gasteiger charge is -2.20. The van der Waals surface area contributed by atoms with E-state index in [2.05, 4.69) is 34.5 Å². The molecule has 0 atom stereocenters. The van der Waals surface area contributed by atoms with E-state index in [0.717, 1.165) is 6.04 Å². The molecule has 18 heavy (non-hydrogen) atoms. The summed E-state index contributed by atoms with van der Waals surface area (Å²) in [6, 6.07) is 9.67. The molecule has 1 saturated carbocycles. The maximum atomic E-state index is 3.70. The van der Waals surface area contributed by atoms with Crippen molar-refractivity contribution in [2.45, 2.75) is 44.6 Å². The zero-order chi connectivity index (χ0) is 12.2. The summed E-state index contributed by atoms with van der Waals surface area (Å²) in [6.07, 6.45) is 8.14. The number of nitrogens with one attached hydrogen (secondary N) is 1. The minimum atomic E-state index is 0.816. The maximum absolute atomic E-state index is 3.70. The van der Waals surface area contributed by atoms with Gasteiger partial charge >= 0.3 is 0 Å². The average molecular weight is 244 g/mol. The normalized spacial score (nSPS) is 19.4. The quantitative estimate of drug-likeness (QED) is 0.801. The first-order valence-corrected chi connectivity index (χ1v) is 7.50. The molecule has 2 heteroatoms. The summed E-state index contributed by atoms with van der Waals surface area (Å²) in [5.74, 6) is 0. The summed E-state index contributed by atoms with van der Waals surface area (Å²) < 4.78 is 0. The van der Waals surface area contributed by atoms with Gasteiger partial charge in [-0.3, -0.25) is 0 Å². The smallest absolute Gasteiger partial charge is 0.0399 e. The molecule has 0 bridgehead atoms. The van der Waals surface area contributed by atoms with Crippen LogP contribution in [0.4, 0.5) is 5.69 Å². The lowest BCUT2D eigenvalue weighted by molar-refractivity contribution is 0.514. The van der Waals surface area contributed by atoms with Crippen LogP contribution in [0.3, 0.4) is 0 Å². The SMILES string of the molecule is c1ccc2c(c1)CCN2CCCNC1CCCC1. The van der Waals surface area contributed by atoms with Gasteiger partial charge in [0.15, 0.2) is 0 Å². The molecule has 2 aliphatic rings. The van der Waals surface area contributed by atoms with Gasteiger partial charge in [0.1, 0.15) is 0 Å². The number of rotatable bonds is 5. The highest BCUT2D eigenvalue weighted by molar-refractivity contribution is 5.57. The Bertz CT molecular complexity index is 382. The molecule has 1 heterocycles. The monoisotopic (exact) mass is 244 g/mol. The number of para-hydroxylation sites is 1. The minimum absolute atomic E-state index is 0.816. The van der Waals surface area contributed by atoms with Gasteiger partial charge in [0, 0.05) is 24.8 Å². The van der Waals surface area contributed by atoms with Crippen molar-refractivity contribution in [2.24, 2.45) is 0 Å². The van der Waals surface area contributed by atoms with Crippen LogP contribution in [0.2, 0.25) is 0 Å². The second kappa shape index (κ2) is 5.75. The first-order chi connectivity index (χ1) is 8.93. The standard InChI is InChI=1S/C16H24N2/c1-4-9-16-14(6-1)10-13-18(16)12-5-11-17-15-7-2-3-8-15/h1,4,6,9,15,17H,2-3,5,7-8,10-13H2. The van der Waals surface area contributed by atoms with E-state index in [4.69, 9.17) is 0 Å². The molecule has 1 aromatic rings. The molecule has 1 fully saturated rings. The van der Waals surface area contributed by atoms with Crippen molar-refractivity contribution in [3.63, 3.8) is 0 Å². The Labute approximate surface area is 110 Å². The number of fused-ring (bicyclic) bond motifs is 1. The molecule has 2 nitrogen and oxygen atoms in total. The summed E-state index contributed by atoms with van der Waals surface area (Å²) in [4.78, 5) is 2.55. The molecule has 1 N–H and O–H groups in total. The molecule has 0 spiro atoms. The van der Waals surface area contributed by atoms with Crippen LogP contribution in [0.5, 0.6) is 0 Å². The molecular formula is C16H24N2. The second-order valence-corrected chi connectivity index (χ2v) is 5.65. The molecule has 98 valence electrons. The molecule has 0 saturated heterocycles. The third-order valence-corrected chi connectivity index (χ3v) is 4.38. The van der Waals surface area contributed by atoms with E-state index < -0.39 is 0 Å². The Morgan fingerprint density at radius 3 is 2.89 bits per heavy atom. The Morgan fingerprint density at radius 2 is 2.00 bits per heavy atom. The summed E-state index contributed by atoms with van der Waals surface area (Å²) in [7, 11) is 0. The molecular weight excluding hydrogens is 220 g/mol. The lowest BCUT2D eigenvalue weighted by Crippen LogP contribution is -2.30. The Morgan fingerprint density at radius 1 is 1.17 bits per heavy atom. The van der Waals surface area contributed by atoms with Crippen LogP contribution in [0, 0.1) is 0 Å². The van der Waals surface area contributed by atoms with Crippen LogP contribution < -0.4 is 10.2 Å². The van der Waals surface area contributed by atoms with E-state index in [1.165, 1.54) is 69.4 Å². The summed E-state index contributed by atoms with van der Waals surface area (Å²) in [5, 5.41) is 3.70. The fourth-order valence-electron chi connectivity index (χ4n) is 3.34. The third-order valence-electron chi connectivity index (χ3n) is 4.38. The van der Waals surface area contributed by atoms with E-state index in [9.17, 15) is 0 Å². The van der Waals surface area contributed by atoms with Gasteiger partial charge in [-0.25, -0.2) is 0 Å². The summed E-state index contributed by atoms with van der Waals surface area (Å²) >= 11 is 0. The number of anilines is 1. The van der Waals surface area contributed by atoms with Crippen molar-refractivity contribution < 1.29 is 0 Å². The number of hydrogen-bond donors (Lipinski definition) is 1. The van der Waals surface area contributed by atoms with Gasteiger partial charge in [0.25, 0.3) is 0 Å². The van der Waals surface area contributed by atoms with Gasteiger partial charge < -0.3 is 10.2 Å². The minimum Gasteiger partial charge on any atom is -0.371 e. The predicted octanol–water partition coefficient (Wildman–Crippen LogP) is 2.97. The first kappa shape index (κ1) is 12.0. The van der Waals surface area contributed by atoms with Crippen LogP contribution >= 0.6 is 0 Å². The molecule has 0 unspecified atom stereocenters. The van der Waals surface area contributed by atoms with Gasteiger partial charge in [-0.15, -0.1) is 0 Å². The van der Waals surface area contributed by atoms with Crippen LogP contribution in [0.15, 0.2) is 24.3 Å². The predicted molar refractivity (Wildman–Crippen MR) is 77.2 cm³/mol. The number of benzene rings is 1. The third kappa shape index (κ3) is 2.69. The fraction of sp³-hybridized carbons (Fsp3) is 0.625. The molecule has 0 radical (unpaired) electrons. The number of hydrogen-bond acceptors (Lipinski definition) is 2. The van der Waals surface area contributed by atoms with E-state index in [-0.39, 0.29) is 0 Å². The number of nitrogens with zero attached hydrogens (tertiary/aromatic N) is 1. The molecule has 1 aliphatic heterocycles. The average Bonchev–Trinajstić information content (AvgIpc) is 3.04. The van der Waals surface area contributed by atoms with Crippen molar-refractivity contribution >= 4 is 5.69 Å². The molecule has 1 aromatic carbocycles. The van der Waals surface area contributed by atoms with Crippen molar-refractivity contribution in [3.05, 3.63) is 29.8 Å². The molecule has 3 rings (SSSR count). The zero-order valence-corrected chi connectivity index (χ0v) is 11.2. The van der Waals surface area contributed by atoms with Crippen LogP contribution in [0.1, 0.15) is 37.7 Å². The van der Waals surface area contributed by atoms with E-state index in [0.29, 0.717) is 0 Å². The van der Waals surface area contributed by atoms with Crippen LogP contribution in [-0.2, 0) is 6.42 Å². The van der Waals surface area contributed by atoms with Gasteiger partial charge in [0.05, 0.1) is 0 Å². The Balaban J connectivity index is 1.41. The maximum Gasteiger partial charge on any atom is 0.0399 e. The van der Waals surface area contributed by atoms with E-state index >= 15 is 0 Å². The lowest BCUT2D eigenvalue weighted by atomic mass is 10.2. The van der Waals surface area contributed by atoms with Crippen molar-refractivity contribution in [3.8, 4) is 0 Å². The van der Waals surface area contributed by atoms with Gasteiger partial charge in [-0.05, 0) is 43.9 Å². The molecule has 0 aromatic heterocycles. The highest BCUT2D eigenvalue weighted by Crippen LogP contribution is 2.27. The van der Waals surface area contributed by atoms with E-state index in [1.54, 1.807) is 0 Å².